The molecule has 0 spiro atoms. The summed E-state index contributed by atoms with van der Waals surface area (Å²) in [5.41, 5.74) is 4.88. The van der Waals surface area contributed by atoms with Crippen molar-refractivity contribution in [2.24, 2.45) is 7.05 Å². The fraction of sp³-hybridized carbons (Fsp3) is 0.385. The fourth-order valence-electron chi connectivity index (χ4n) is 4.57. The van der Waals surface area contributed by atoms with E-state index in [1.165, 1.54) is 0 Å². The van der Waals surface area contributed by atoms with Gasteiger partial charge in [0.05, 0.1) is 28.8 Å². The number of hydrogen-bond donors (Lipinski definition) is 0. The van der Waals surface area contributed by atoms with Crippen LogP contribution in [0.3, 0.4) is 0 Å². The van der Waals surface area contributed by atoms with Crippen molar-refractivity contribution in [1.29, 1.82) is 5.26 Å². The highest BCUT2D eigenvalue weighted by atomic mass is 35.5. The lowest BCUT2D eigenvalue weighted by atomic mass is 10.0. The molecule has 1 saturated heterocycles. The van der Waals surface area contributed by atoms with Crippen LogP contribution in [0, 0.1) is 18.3 Å². The number of rotatable bonds is 6. The number of nitriles is 1. The smallest absolute Gasteiger partial charge is 0.255 e. The lowest BCUT2D eigenvalue weighted by Gasteiger charge is -2.34. The van der Waals surface area contributed by atoms with Gasteiger partial charge < -0.3 is 14.2 Å². The van der Waals surface area contributed by atoms with Crippen LogP contribution in [-0.4, -0.2) is 66.7 Å². The van der Waals surface area contributed by atoms with Crippen LogP contribution < -0.4 is 0 Å². The normalized spacial score (nSPS) is 14.5. The van der Waals surface area contributed by atoms with Gasteiger partial charge in [-0.1, -0.05) is 23.2 Å². The first-order valence-corrected chi connectivity index (χ1v) is 12.1. The molecule has 3 aromatic rings. The van der Waals surface area contributed by atoms with E-state index in [9.17, 15) is 10.1 Å². The molecule has 0 unspecified atom stereocenters. The minimum Gasteiger partial charge on any atom is -0.383 e. The van der Waals surface area contributed by atoms with Gasteiger partial charge in [0.1, 0.15) is 0 Å². The van der Waals surface area contributed by atoms with E-state index in [0.717, 1.165) is 47.4 Å². The van der Waals surface area contributed by atoms with Gasteiger partial charge in [-0.2, -0.15) is 5.26 Å². The summed E-state index contributed by atoms with van der Waals surface area (Å²) in [7, 11) is 3.67. The van der Waals surface area contributed by atoms with Crippen molar-refractivity contribution in [3.05, 3.63) is 68.3 Å². The molecule has 1 aromatic heterocycles. The van der Waals surface area contributed by atoms with Crippen LogP contribution >= 0.6 is 23.2 Å². The molecule has 1 fully saturated rings. The number of aryl methyl sites for hydroxylation is 2. The molecule has 1 aliphatic heterocycles. The summed E-state index contributed by atoms with van der Waals surface area (Å²) in [6, 6.07) is 11.6. The summed E-state index contributed by atoms with van der Waals surface area (Å²) in [5.74, 6) is -0.0687. The molecule has 2 aromatic carbocycles. The minimum atomic E-state index is -0.0687. The van der Waals surface area contributed by atoms with Gasteiger partial charge in [-0.3, -0.25) is 9.69 Å². The third kappa shape index (κ3) is 4.80. The highest BCUT2D eigenvalue weighted by molar-refractivity contribution is 6.38. The van der Waals surface area contributed by atoms with Crippen molar-refractivity contribution in [1.82, 2.24) is 14.4 Å². The maximum Gasteiger partial charge on any atom is 0.255 e. The SMILES string of the molecule is COCCN1CCN(C(=O)c2ccc(Cl)c(Cc3cc4c(C)cc(C#N)cc4n3C)c2Cl)CC1. The van der Waals surface area contributed by atoms with Gasteiger partial charge in [0.15, 0.2) is 0 Å². The first-order chi connectivity index (χ1) is 16.3. The number of halogens is 2. The highest BCUT2D eigenvalue weighted by Crippen LogP contribution is 2.33. The van der Waals surface area contributed by atoms with Gasteiger partial charge in [0.2, 0.25) is 0 Å². The number of carbonyl (C=O) groups excluding carboxylic acids is 1. The number of aromatic nitrogens is 1. The molecular weight excluding hydrogens is 471 g/mol. The van der Waals surface area contributed by atoms with E-state index in [1.807, 2.05) is 31.0 Å². The van der Waals surface area contributed by atoms with Crippen molar-refractivity contribution < 1.29 is 9.53 Å². The molecule has 178 valence electrons. The molecule has 0 bridgehead atoms. The Kier molecular flexibility index (Phi) is 7.49. The molecule has 0 radical (unpaired) electrons. The molecule has 1 aliphatic rings. The predicted octanol–water partition coefficient (Wildman–Crippen LogP) is 4.66. The largest absolute Gasteiger partial charge is 0.383 e. The van der Waals surface area contributed by atoms with Crippen LogP contribution in [-0.2, 0) is 18.2 Å². The molecule has 34 heavy (non-hydrogen) atoms. The van der Waals surface area contributed by atoms with Crippen LogP contribution in [0.4, 0.5) is 0 Å². The number of hydrogen-bond acceptors (Lipinski definition) is 4. The van der Waals surface area contributed by atoms with Crippen molar-refractivity contribution in [2.75, 3.05) is 46.4 Å². The second-order valence-electron chi connectivity index (χ2n) is 8.72. The van der Waals surface area contributed by atoms with Gasteiger partial charge in [0, 0.05) is 74.9 Å². The first-order valence-electron chi connectivity index (χ1n) is 11.3. The van der Waals surface area contributed by atoms with Crippen LogP contribution in [0.5, 0.6) is 0 Å². The summed E-state index contributed by atoms with van der Waals surface area (Å²) in [4.78, 5) is 17.4. The molecule has 4 rings (SSSR count). The standard InChI is InChI=1S/C26H28Cl2N4O2/c1-17-12-18(16-29)13-24-21(17)14-19(30(24)2)15-22-23(27)5-4-20(25(22)28)26(33)32-8-6-31(7-9-32)10-11-34-3/h4-5,12-14H,6-11,15H2,1-3H3. The van der Waals surface area contributed by atoms with E-state index in [-0.39, 0.29) is 5.91 Å². The maximum atomic E-state index is 13.3. The first kappa shape index (κ1) is 24.6. The van der Waals surface area contributed by atoms with E-state index < -0.39 is 0 Å². The zero-order chi connectivity index (χ0) is 24.4. The number of methoxy groups -OCH3 is 1. The number of amides is 1. The number of fused-ring (bicyclic) bond motifs is 1. The van der Waals surface area contributed by atoms with Crippen molar-refractivity contribution in [3.8, 4) is 6.07 Å². The van der Waals surface area contributed by atoms with Gasteiger partial charge in [-0.25, -0.2) is 0 Å². The Balaban J connectivity index is 1.59. The molecule has 0 saturated carbocycles. The fourth-order valence-corrected chi connectivity index (χ4v) is 5.15. The zero-order valence-electron chi connectivity index (χ0n) is 19.7. The molecule has 6 nitrogen and oxygen atoms in total. The van der Waals surface area contributed by atoms with Gasteiger partial charge in [-0.05, 0) is 48.4 Å². The van der Waals surface area contributed by atoms with E-state index in [2.05, 4.69) is 21.6 Å². The van der Waals surface area contributed by atoms with Crippen LogP contribution in [0.1, 0.15) is 32.7 Å². The van der Waals surface area contributed by atoms with Gasteiger partial charge in [0.25, 0.3) is 5.91 Å². The summed E-state index contributed by atoms with van der Waals surface area (Å²) >= 11 is 13.4. The Bertz CT molecular complexity index is 1270. The van der Waals surface area contributed by atoms with Gasteiger partial charge >= 0.3 is 0 Å². The van der Waals surface area contributed by atoms with E-state index in [4.69, 9.17) is 27.9 Å². The van der Waals surface area contributed by atoms with Crippen molar-refractivity contribution in [2.45, 2.75) is 13.3 Å². The van der Waals surface area contributed by atoms with Crippen LogP contribution in [0.15, 0.2) is 30.3 Å². The van der Waals surface area contributed by atoms with Crippen LogP contribution in [0.25, 0.3) is 10.9 Å². The maximum absolute atomic E-state index is 13.3. The number of carbonyl (C=O) groups is 1. The van der Waals surface area contributed by atoms with Gasteiger partial charge in [-0.15, -0.1) is 0 Å². The highest BCUT2D eigenvalue weighted by Gasteiger charge is 2.25. The molecule has 8 heteroatoms. The second kappa shape index (κ2) is 10.4. The monoisotopic (exact) mass is 498 g/mol. The minimum absolute atomic E-state index is 0.0687. The Labute approximate surface area is 210 Å². The Morgan fingerprint density at radius 1 is 1.15 bits per heavy atom. The Morgan fingerprint density at radius 3 is 2.56 bits per heavy atom. The third-order valence-corrected chi connectivity index (χ3v) is 7.43. The number of ether oxygens (including phenoxy) is 1. The van der Waals surface area contributed by atoms with Crippen LogP contribution in [0.2, 0.25) is 10.0 Å². The lowest BCUT2D eigenvalue weighted by Crippen LogP contribution is -2.49. The average molecular weight is 499 g/mol. The number of piperazine rings is 1. The molecule has 0 N–H and O–H groups in total. The Morgan fingerprint density at radius 2 is 1.88 bits per heavy atom. The van der Waals surface area contributed by atoms with E-state index in [1.54, 1.807) is 19.2 Å². The zero-order valence-corrected chi connectivity index (χ0v) is 21.2. The molecule has 0 aliphatic carbocycles. The molecule has 0 atom stereocenters. The topological polar surface area (TPSA) is 61.5 Å². The summed E-state index contributed by atoms with van der Waals surface area (Å²) in [5, 5.41) is 11.4. The lowest BCUT2D eigenvalue weighted by molar-refractivity contribution is 0.0594. The molecule has 1 amide bonds. The number of nitrogens with zero attached hydrogens (tertiary/aromatic N) is 4. The van der Waals surface area contributed by atoms with Crippen molar-refractivity contribution in [3.63, 3.8) is 0 Å². The quantitative estimate of drug-likeness (QED) is 0.495. The molecule has 2 heterocycles. The van der Waals surface area contributed by atoms with Crippen molar-refractivity contribution >= 4 is 40.0 Å². The Hall–Kier alpha value is -2.56. The summed E-state index contributed by atoms with van der Waals surface area (Å²) in [6.07, 6.45) is 0.482. The number of benzene rings is 2. The third-order valence-electron chi connectivity index (χ3n) is 6.64. The predicted molar refractivity (Wildman–Crippen MR) is 136 cm³/mol. The summed E-state index contributed by atoms with van der Waals surface area (Å²) in [6.45, 7) is 6.49. The molecular formula is C26H28Cl2N4O2. The second-order valence-corrected chi connectivity index (χ2v) is 9.51. The van der Waals surface area contributed by atoms with E-state index in [0.29, 0.717) is 47.3 Å². The van der Waals surface area contributed by atoms with E-state index >= 15 is 0 Å². The average Bonchev–Trinajstić information content (AvgIpc) is 3.16. The summed E-state index contributed by atoms with van der Waals surface area (Å²) < 4.78 is 7.21.